The van der Waals surface area contributed by atoms with Crippen molar-refractivity contribution in [2.75, 3.05) is 0 Å². The number of benzene rings is 2. The lowest BCUT2D eigenvalue weighted by Crippen LogP contribution is -2.25. The Kier molecular flexibility index (Phi) is 5.67. The quantitative estimate of drug-likeness (QED) is 0.466. The van der Waals surface area contributed by atoms with Crippen molar-refractivity contribution >= 4 is 5.91 Å². The summed E-state index contributed by atoms with van der Waals surface area (Å²) < 4.78 is 54.4. The Morgan fingerprint density at radius 3 is 2.34 bits per heavy atom. The lowest BCUT2D eigenvalue weighted by atomic mass is 10.1. The van der Waals surface area contributed by atoms with E-state index < -0.39 is 23.5 Å². The molecule has 32 heavy (non-hydrogen) atoms. The maximum Gasteiger partial charge on any atom is 0.416 e. The van der Waals surface area contributed by atoms with Crippen LogP contribution in [0, 0.1) is 5.82 Å². The molecule has 162 valence electrons. The van der Waals surface area contributed by atoms with Crippen molar-refractivity contribution in [3.05, 3.63) is 95.7 Å². The van der Waals surface area contributed by atoms with E-state index in [9.17, 15) is 22.4 Å². The SMILES string of the molecule is O=C(NCc1ccccc1C(F)(F)F)c1nnn(-c2ccc(F)cc2)c1-c1ccncc1. The van der Waals surface area contributed by atoms with Gasteiger partial charge in [-0.1, -0.05) is 23.4 Å². The van der Waals surface area contributed by atoms with Crippen molar-refractivity contribution < 1.29 is 22.4 Å². The minimum absolute atomic E-state index is 0.0789. The van der Waals surface area contributed by atoms with Crippen LogP contribution in [0.15, 0.2) is 73.1 Å². The van der Waals surface area contributed by atoms with Gasteiger partial charge in [-0.2, -0.15) is 13.2 Å². The summed E-state index contributed by atoms with van der Waals surface area (Å²) >= 11 is 0. The van der Waals surface area contributed by atoms with Gasteiger partial charge in [0.25, 0.3) is 5.91 Å². The van der Waals surface area contributed by atoms with E-state index in [1.165, 1.54) is 59.5 Å². The lowest BCUT2D eigenvalue weighted by Gasteiger charge is -2.13. The smallest absolute Gasteiger partial charge is 0.346 e. The van der Waals surface area contributed by atoms with Gasteiger partial charge in [-0.3, -0.25) is 9.78 Å². The number of alkyl halides is 3. The van der Waals surface area contributed by atoms with Crippen LogP contribution in [0.1, 0.15) is 21.6 Å². The van der Waals surface area contributed by atoms with Crippen molar-refractivity contribution in [2.45, 2.75) is 12.7 Å². The van der Waals surface area contributed by atoms with Gasteiger partial charge in [0.1, 0.15) is 11.5 Å². The zero-order valence-corrected chi connectivity index (χ0v) is 16.3. The molecule has 0 radical (unpaired) electrons. The number of nitrogens with one attached hydrogen (secondary N) is 1. The molecule has 0 unspecified atom stereocenters. The molecule has 2 aromatic heterocycles. The van der Waals surface area contributed by atoms with Crippen LogP contribution < -0.4 is 5.32 Å². The Morgan fingerprint density at radius 2 is 1.66 bits per heavy atom. The Hall–Kier alpha value is -4.08. The van der Waals surface area contributed by atoms with E-state index in [0.717, 1.165) is 6.07 Å². The summed E-state index contributed by atoms with van der Waals surface area (Å²) in [5, 5.41) is 10.4. The highest BCUT2D eigenvalue weighted by Crippen LogP contribution is 2.32. The van der Waals surface area contributed by atoms with E-state index in [0.29, 0.717) is 16.9 Å². The molecule has 0 atom stereocenters. The summed E-state index contributed by atoms with van der Waals surface area (Å²) in [6.07, 6.45) is -1.52. The molecule has 2 aromatic carbocycles. The zero-order valence-electron chi connectivity index (χ0n) is 16.3. The second-order valence-electron chi connectivity index (χ2n) is 6.75. The molecule has 0 saturated heterocycles. The van der Waals surface area contributed by atoms with E-state index in [2.05, 4.69) is 20.6 Å². The topological polar surface area (TPSA) is 72.7 Å². The average molecular weight is 441 g/mol. The molecule has 10 heteroatoms. The second kappa shape index (κ2) is 8.58. The van der Waals surface area contributed by atoms with E-state index >= 15 is 0 Å². The maximum absolute atomic E-state index is 13.3. The van der Waals surface area contributed by atoms with Crippen LogP contribution in [-0.2, 0) is 12.7 Å². The number of hydrogen-bond acceptors (Lipinski definition) is 4. The van der Waals surface area contributed by atoms with Gasteiger partial charge in [-0.15, -0.1) is 5.10 Å². The minimum Gasteiger partial charge on any atom is -0.346 e. The fourth-order valence-corrected chi connectivity index (χ4v) is 3.18. The number of hydrogen-bond donors (Lipinski definition) is 1. The molecular formula is C22H15F4N5O. The van der Waals surface area contributed by atoms with Gasteiger partial charge < -0.3 is 5.32 Å². The summed E-state index contributed by atoms with van der Waals surface area (Å²) in [5.74, 6) is -1.15. The van der Waals surface area contributed by atoms with Gasteiger partial charge >= 0.3 is 6.18 Å². The number of rotatable bonds is 5. The first-order valence-corrected chi connectivity index (χ1v) is 9.40. The van der Waals surface area contributed by atoms with Crippen LogP contribution in [0.2, 0.25) is 0 Å². The van der Waals surface area contributed by atoms with Gasteiger partial charge in [-0.05, 0) is 48.0 Å². The molecule has 4 aromatic rings. The number of amides is 1. The molecule has 0 aliphatic rings. The number of carbonyl (C=O) groups is 1. The van der Waals surface area contributed by atoms with Gasteiger partial charge in [0.2, 0.25) is 0 Å². The molecule has 0 aliphatic heterocycles. The Balaban J connectivity index is 1.68. The molecule has 1 amide bonds. The maximum atomic E-state index is 13.3. The molecule has 0 saturated carbocycles. The highest BCUT2D eigenvalue weighted by atomic mass is 19.4. The predicted octanol–water partition coefficient (Wildman–Crippen LogP) is 4.42. The lowest BCUT2D eigenvalue weighted by molar-refractivity contribution is -0.138. The van der Waals surface area contributed by atoms with Gasteiger partial charge in [0, 0.05) is 24.5 Å². The van der Waals surface area contributed by atoms with E-state index in [1.807, 2.05) is 0 Å². The monoisotopic (exact) mass is 441 g/mol. The standard InChI is InChI=1S/C22H15F4N5O/c23-16-5-7-17(8-6-16)31-20(14-9-11-27-12-10-14)19(29-30-31)21(32)28-13-15-3-1-2-4-18(15)22(24,25)26/h1-12H,13H2,(H,28,32). The first-order chi connectivity index (χ1) is 15.3. The molecule has 2 heterocycles. The van der Waals surface area contributed by atoms with Crippen molar-refractivity contribution in [3.8, 4) is 16.9 Å². The summed E-state index contributed by atoms with van der Waals surface area (Å²) in [6, 6.07) is 13.7. The Morgan fingerprint density at radius 1 is 0.969 bits per heavy atom. The van der Waals surface area contributed by atoms with Gasteiger partial charge in [-0.25, -0.2) is 9.07 Å². The van der Waals surface area contributed by atoms with E-state index in [4.69, 9.17) is 0 Å². The number of nitrogens with zero attached hydrogens (tertiary/aromatic N) is 4. The van der Waals surface area contributed by atoms with Crippen molar-refractivity contribution in [1.29, 1.82) is 0 Å². The van der Waals surface area contributed by atoms with E-state index in [1.54, 1.807) is 12.1 Å². The summed E-state index contributed by atoms with van der Waals surface area (Å²) in [4.78, 5) is 16.8. The van der Waals surface area contributed by atoms with Crippen LogP contribution in [0.25, 0.3) is 16.9 Å². The van der Waals surface area contributed by atoms with Gasteiger partial charge in [0.15, 0.2) is 5.69 Å². The third-order valence-corrected chi connectivity index (χ3v) is 4.67. The van der Waals surface area contributed by atoms with Crippen LogP contribution in [0.3, 0.4) is 0 Å². The molecule has 6 nitrogen and oxygen atoms in total. The van der Waals surface area contributed by atoms with Gasteiger partial charge in [0.05, 0.1) is 11.3 Å². The first-order valence-electron chi connectivity index (χ1n) is 9.40. The number of aromatic nitrogens is 4. The van der Waals surface area contributed by atoms with Crippen molar-refractivity contribution in [3.63, 3.8) is 0 Å². The highest BCUT2D eigenvalue weighted by molar-refractivity contribution is 5.98. The molecule has 0 bridgehead atoms. The number of carbonyl (C=O) groups excluding carboxylic acids is 1. The first kappa shape index (κ1) is 21.2. The molecule has 0 aliphatic carbocycles. The molecule has 0 spiro atoms. The second-order valence-corrected chi connectivity index (χ2v) is 6.75. The Labute approximate surface area is 179 Å². The third kappa shape index (κ3) is 4.34. The third-order valence-electron chi connectivity index (χ3n) is 4.67. The fourth-order valence-electron chi connectivity index (χ4n) is 3.18. The molecule has 0 fully saturated rings. The molecule has 4 rings (SSSR count). The summed E-state index contributed by atoms with van der Waals surface area (Å²) in [5.41, 5.74) is 0.294. The Bertz CT molecular complexity index is 1240. The molecular weight excluding hydrogens is 426 g/mol. The largest absolute Gasteiger partial charge is 0.416 e. The van der Waals surface area contributed by atoms with Crippen LogP contribution >= 0.6 is 0 Å². The summed E-state index contributed by atoms with van der Waals surface area (Å²) in [7, 11) is 0. The van der Waals surface area contributed by atoms with Crippen molar-refractivity contribution in [1.82, 2.24) is 25.3 Å². The minimum atomic E-state index is -4.55. The zero-order chi connectivity index (χ0) is 22.7. The highest BCUT2D eigenvalue weighted by Gasteiger charge is 2.33. The number of halogens is 4. The van der Waals surface area contributed by atoms with E-state index in [-0.39, 0.29) is 17.8 Å². The summed E-state index contributed by atoms with van der Waals surface area (Å²) in [6.45, 7) is -0.353. The molecule has 1 N–H and O–H groups in total. The van der Waals surface area contributed by atoms with Crippen molar-refractivity contribution in [2.24, 2.45) is 0 Å². The predicted molar refractivity (Wildman–Crippen MR) is 107 cm³/mol. The fraction of sp³-hybridized carbons (Fsp3) is 0.0909. The van der Waals surface area contributed by atoms with Crippen LogP contribution in [-0.4, -0.2) is 25.9 Å². The normalized spacial score (nSPS) is 11.4. The van der Waals surface area contributed by atoms with Crippen LogP contribution in [0.4, 0.5) is 17.6 Å². The van der Waals surface area contributed by atoms with Crippen LogP contribution in [0.5, 0.6) is 0 Å². The number of pyridine rings is 1. The average Bonchev–Trinajstić information content (AvgIpc) is 3.23.